The highest BCUT2D eigenvalue weighted by Crippen LogP contribution is 2.36. The normalized spacial score (nSPS) is 10.5. The van der Waals surface area contributed by atoms with Crippen LogP contribution in [0.25, 0.3) is 0 Å². The molecule has 0 fully saturated rings. The van der Waals surface area contributed by atoms with Crippen LogP contribution in [0.4, 0.5) is 11.4 Å². The molecule has 3 rings (SSSR count). The van der Waals surface area contributed by atoms with Crippen LogP contribution in [0.1, 0.15) is 21.0 Å². The van der Waals surface area contributed by atoms with Crippen molar-refractivity contribution in [2.45, 2.75) is 0 Å². The van der Waals surface area contributed by atoms with E-state index < -0.39 is 11.8 Å². The van der Waals surface area contributed by atoms with Gasteiger partial charge >= 0.3 is 0 Å². The maximum atomic E-state index is 12.4. The number of benzene rings is 1. The number of pyridine rings is 1. The Morgan fingerprint density at radius 3 is 1.96 bits per heavy atom. The van der Waals surface area contributed by atoms with Crippen molar-refractivity contribution < 1.29 is 14.0 Å². The third-order valence-corrected chi connectivity index (χ3v) is 5.02. The van der Waals surface area contributed by atoms with Gasteiger partial charge in [-0.15, -0.1) is 0 Å². The number of rotatable bonds is 4. The Balaban J connectivity index is 1.71. The predicted molar refractivity (Wildman–Crippen MR) is 105 cm³/mol. The van der Waals surface area contributed by atoms with Crippen LogP contribution in [0.5, 0.6) is 0 Å². The monoisotopic (exact) mass is 443 g/mol. The molecule has 2 N–H and O–H groups in total. The molecule has 10 heteroatoms. The van der Waals surface area contributed by atoms with E-state index >= 15 is 0 Å². The van der Waals surface area contributed by atoms with Gasteiger partial charge in [-0.2, -0.15) is 0 Å². The molecule has 0 saturated heterocycles. The molecule has 0 saturated carbocycles. The molecule has 0 bridgehead atoms. The van der Waals surface area contributed by atoms with Crippen LogP contribution in [0.3, 0.4) is 0 Å². The number of hydrogen-bond acceptors (Lipinski definition) is 4. The van der Waals surface area contributed by atoms with Crippen molar-refractivity contribution in [2.75, 3.05) is 10.6 Å². The van der Waals surface area contributed by atoms with Gasteiger partial charge in [-0.05, 0) is 36.4 Å². The maximum Gasteiger partial charge on any atom is 0.291 e. The summed E-state index contributed by atoms with van der Waals surface area (Å²) in [7, 11) is 0. The topological polar surface area (TPSA) is 84.2 Å². The Morgan fingerprint density at radius 1 is 0.815 bits per heavy atom. The number of carbonyl (C=O) groups is 2. The Hall–Kier alpha value is -2.25. The van der Waals surface area contributed by atoms with Gasteiger partial charge in [0.25, 0.3) is 11.8 Å². The number of nitrogens with one attached hydrogen (secondary N) is 2. The molecule has 1 aromatic carbocycles. The van der Waals surface area contributed by atoms with Crippen LogP contribution in [-0.4, -0.2) is 16.8 Å². The van der Waals surface area contributed by atoms with Crippen molar-refractivity contribution in [3.05, 3.63) is 74.3 Å². The average molecular weight is 445 g/mol. The van der Waals surface area contributed by atoms with Crippen molar-refractivity contribution in [3.8, 4) is 0 Å². The van der Waals surface area contributed by atoms with Crippen molar-refractivity contribution in [1.29, 1.82) is 0 Å². The lowest BCUT2D eigenvalue weighted by molar-refractivity contribution is 0.0994. The van der Waals surface area contributed by atoms with E-state index in [-0.39, 0.29) is 31.7 Å². The van der Waals surface area contributed by atoms with Gasteiger partial charge in [-0.25, -0.2) is 4.98 Å². The summed E-state index contributed by atoms with van der Waals surface area (Å²) in [6.45, 7) is 0. The van der Waals surface area contributed by atoms with Crippen molar-refractivity contribution in [1.82, 2.24) is 4.98 Å². The second-order valence-electron chi connectivity index (χ2n) is 5.16. The summed E-state index contributed by atoms with van der Waals surface area (Å²) in [5, 5.41) is 4.94. The van der Waals surface area contributed by atoms with E-state index in [4.69, 9.17) is 50.8 Å². The fourth-order valence-electron chi connectivity index (χ4n) is 2.07. The van der Waals surface area contributed by atoms with Crippen LogP contribution < -0.4 is 10.6 Å². The summed E-state index contributed by atoms with van der Waals surface area (Å²) >= 11 is 23.6. The van der Waals surface area contributed by atoms with Gasteiger partial charge in [0.15, 0.2) is 5.76 Å². The minimum atomic E-state index is -0.618. The molecule has 0 atom stereocenters. The van der Waals surface area contributed by atoms with E-state index in [1.807, 2.05) is 0 Å². The molecule has 0 radical (unpaired) electrons. The number of halogens is 4. The number of nitrogens with zero attached hydrogens (tertiary/aromatic N) is 1. The summed E-state index contributed by atoms with van der Waals surface area (Å²) in [6, 6.07) is 9.54. The van der Waals surface area contributed by atoms with Crippen LogP contribution in [-0.2, 0) is 0 Å². The minimum absolute atomic E-state index is 0.0310. The number of hydrogen-bond donors (Lipinski definition) is 2. The van der Waals surface area contributed by atoms with Gasteiger partial charge in [-0.1, -0.05) is 46.4 Å². The Kier molecular flexibility index (Phi) is 5.92. The lowest BCUT2D eigenvalue weighted by Gasteiger charge is -2.10. The van der Waals surface area contributed by atoms with E-state index in [9.17, 15) is 9.59 Å². The molecule has 0 spiro atoms. The standard InChI is InChI=1S/C17H9Cl4N3O3/c18-11-12(19)14(24-15(21)13(11)20)17(26)23-9-5-3-8(4-6-9)22-16(25)10-2-1-7-27-10/h1-7H,(H,22,25)(H,23,26). The second-order valence-corrected chi connectivity index (χ2v) is 6.65. The zero-order valence-electron chi connectivity index (χ0n) is 13.2. The predicted octanol–water partition coefficient (Wildman–Crippen LogP) is 5.79. The zero-order chi connectivity index (χ0) is 19.6. The van der Waals surface area contributed by atoms with Crippen LogP contribution in [0.15, 0.2) is 47.1 Å². The van der Waals surface area contributed by atoms with Crippen LogP contribution >= 0.6 is 46.4 Å². The third kappa shape index (κ3) is 4.36. The molecule has 0 unspecified atom stereocenters. The first-order valence-corrected chi connectivity index (χ1v) is 8.84. The summed E-state index contributed by atoms with van der Waals surface area (Å²) in [4.78, 5) is 28.1. The van der Waals surface area contributed by atoms with Crippen molar-refractivity contribution in [2.24, 2.45) is 0 Å². The van der Waals surface area contributed by atoms with Gasteiger partial charge in [0.05, 0.1) is 21.3 Å². The number of aromatic nitrogens is 1. The van der Waals surface area contributed by atoms with Gasteiger partial charge in [0.2, 0.25) is 0 Å². The molecule has 0 aliphatic carbocycles. The summed E-state index contributed by atoms with van der Waals surface area (Å²) in [5.41, 5.74) is 0.797. The van der Waals surface area contributed by atoms with E-state index in [1.54, 1.807) is 36.4 Å². The highest BCUT2D eigenvalue weighted by Gasteiger charge is 2.20. The molecule has 0 aliphatic heterocycles. The molecule has 138 valence electrons. The molecular formula is C17H9Cl4N3O3. The minimum Gasteiger partial charge on any atom is -0.459 e. The Labute approximate surface area is 173 Å². The van der Waals surface area contributed by atoms with Crippen molar-refractivity contribution >= 4 is 69.6 Å². The maximum absolute atomic E-state index is 12.4. The van der Waals surface area contributed by atoms with Gasteiger partial charge in [0, 0.05) is 11.4 Å². The number of furan rings is 1. The van der Waals surface area contributed by atoms with E-state index in [1.165, 1.54) is 6.26 Å². The smallest absolute Gasteiger partial charge is 0.291 e. The SMILES string of the molecule is O=C(Nc1ccc(NC(=O)c2nc(Cl)c(Cl)c(Cl)c2Cl)cc1)c1ccco1. The molecular weight excluding hydrogens is 436 g/mol. The highest BCUT2D eigenvalue weighted by molar-refractivity contribution is 6.52. The number of anilines is 2. The molecule has 2 amide bonds. The van der Waals surface area contributed by atoms with E-state index in [0.717, 1.165) is 0 Å². The fraction of sp³-hybridized carbons (Fsp3) is 0. The molecule has 2 aromatic heterocycles. The average Bonchev–Trinajstić information content (AvgIpc) is 3.19. The van der Waals surface area contributed by atoms with Gasteiger partial charge in [0.1, 0.15) is 10.8 Å². The first kappa shape index (κ1) is 19.5. The fourth-order valence-corrected chi connectivity index (χ4v) is 2.88. The Morgan fingerprint density at radius 2 is 1.41 bits per heavy atom. The molecule has 3 aromatic rings. The van der Waals surface area contributed by atoms with Crippen molar-refractivity contribution in [3.63, 3.8) is 0 Å². The lowest BCUT2D eigenvalue weighted by Crippen LogP contribution is -2.15. The van der Waals surface area contributed by atoms with Gasteiger partial charge in [-0.3, -0.25) is 9.59 Å². The lowest BCUT2D eigenvalue weighted by atomic mass is 10.2. The van der Waals surface area contributed by atoms with Crippen LogP contribution in [0.2, 0.25) is 20.2 Å². The number of amides is 2. The molecule has 6 nitrogen and oxygen atoms in total. The van der Waals surface area contributed by atoms with Gasteiger partial charge < -0.3 is 15.1 Å². The first-order valence-electron chi connectivity index (χ1n) is 7.33. The zero-order valence-corrected chi connectivity index (χ0v) is 16.2. The third-order valence-electron chi connectivity index (χ3n) is 3.35. The van der Waals surface area contributed by atoms with Crippen LogP contribution in [0, 0.1) is 0 Å². The molecule has 27 heavy (non-hydrogen) atoms. The Bertz CT molecular complexity index is 1010. The second kappa shape index (κ2) is 8.19. The molecule has 0 aliphatic rings. The summed E-state index contributed by atoms with van der Waals surface area (Å²) in [6.07, 6.45) is 1.40. The quantitative estimate of drug-likeness (QED) is 0.498. The highest BCUT2D eigenvalue weighted by atomic mass is 35.5. The summed E-state index contributed by atoms with van der Waals surface area (Å²) < 4.78 is 5.01. The largest absolute Gasteiger partial charge is 0.459 e. The number of carbonyl (C=O) groups excluding carboxylic acids is 2. The summed E-state index contributed by atoms with van der Waals surface area (Å²) in [5.74, 6) is -0.823. The first-order chi connectivity index (χ1) is 12.9. The van der Waals surface area contributed by atoms with E-state index in [2.05, 4.69) is 15.6 Å². The molecule has 2 heterocycles. The van der Waals surface area contributed by atoms with E-state index in [0.29, 0.717) is 11.4 Å².